The van der Waals surface area contributed by atoms with Crippen molar-refractivity contribution in [3.05, 3.63) is 22.3 Å². The van der Waals surface area contributed by atoms with Crippen molar-refractivity contribution in [1.29, 1.82) is 0 Å². The number of aromatic nitrogens is 1. The largest absolute Gasteiger partial charge is 0.352 e. The summed E-state index contributed by atoms with van der Waals surface area (Å²) in [7, 11) is 0. The second-order valence-electron chi connectivity index (χ2n) is 6.39. The minimum Gasteiger partial charge on any atom is -0.352 e. The van der Waals surface area contributed by atoms with E-state index >= 15 is 0 Å². The molecule has 0 spiro atoms. The lowest BCUT2D eigenvalue weighted by atomic mass is 9.99. The van der Waals surface area contributed by atoms with Gasteiger partial charge in [0.15, 0.2) is 0 Å². The van der Waals surface area contributed by atoms with Gasteiger partial charge in [0.25, 0.3) is 0 Å². The first-order chi connectivity index (χ1) is 11.0. The Kier molecular flexibility index (Phi) is 9.05. The van der Waals surface area contributed by atoms with E-state index in [1.54, 1.807) is 12.3 Å². The Morgan fingerprint density at radius 2 is 1.88 bits per heavy atom. The molecule has 5 nitrogen and oxygen atoms in total. The minimum absolute atomic E-state index is 0. The zero-order valence-corrected chi connectivity index (χ0v) is 17.0. The van der Waals surface area contributed by atoms with Gasteiger partial charge in [0.2, 0.25) is 5.91 Å². The summed E-state index contributed by atoms with van der Waals surface area (Å²) in [5, 5.41) is 1.08. The van der Waals surface area contributed by atoms with Crippen molar-refractivity contribution in [2.45, 2.75) is 31.7 Å². The molecular weight excluding hydrogens is 406 g/mol. The normalized spacial score (nSPS) is 23.0. The highest BCUT2D eigenvalue weighted by molar-refractivity contribution is 6.36. The average Bonchev–Trinajstić information content (AvgIpc) is 2.93. The van der Waals surface area contributed by atoms with E-state index in [1.807, 2.05) is 4.90 Å². The highest BCUT2D eigenvalue weighted by atomic mass is 35.5. The Labute approximate surface area is 171 Å². The van der Waals surface area contributed by atoms with Crippen molar-refractivity contribution < 1.29 is 4.79 Å². The van der Waals surface area contributed by atoms with Crippen LogP contribution in [0.5, 0.6) is 0 Å². The van der Waals surface area contributed by atoms with Gasteiger partial charge in [-0.3, -0.25) is 4.79 Å². The fourth-order valence-electron chi connectivity index (χ4n) is 3.48. The quantitative estimate of drug-likeness (QED) is 0.799. The second kappa shape index (κ2) is 10.0. The molecule has 2 atom stereocenters. The number of amides is 1. The topological polar surface area (TPSA) is 62.5 Å². The molecule has 2 fully saturated rings. The molecule has 1 aliphatic heterocycles. The monoisotopic (exact) mass is 428 g/mol. The van der Waals surface area contributed by atoms with Crippen molar-refractivity contribution in [3.8, 4) is 0 Å². The summed E-state index contributed by atoms with van der Waals surface area (Å²) in [4.78, 5) is 20.8. The van der Waals surface area contributed by atoms with Crippen LogP contribution in [0.2, 0.25) is 10.0 Å². The molecule has 142 valence electrons. The molecule has 9 heteroatoms. The number of hydrogen-bond acceptors (Lipinski definition) is 4. The summed E-state index contributed by atoms with van der Waals surface area (Å²) in [6, 6.07) is 1.89. The van der Waals surface area contributed by atoms with Crippen LogP contribution >= 0.6 is 48.0 Å². The standard InChI is InChI=1S/C16H22Cl2N4O.2ClH/c17-12-9-13(18)16(20-10-12)22-6-4-21(5-7-22)15(23)8-11-2-1-3-14(11)19;;/h9-11,14H,1-8,19H2;2*1H/t11-,14+;;/m0../s1. The van der Waals surface area contributed by atoms with E-state index in [-0.39, 0.29) is 36.8 Å². The molecule has 3 rings (SSSR count). The van der Waals surface area contributed by atoms with Gasteiger partial charge in [-0.25, -0.2) is 4.98 Å². The molecular formula is C16H24Cl4N4O. The zero-order valence-electron chi connectivity index (χ0n) is 13.9. The molecule has 1 aliphatic carbocycles. The number of halogens is 4. The van der Waals surface area contributed by atoms with Gasteiger partial charge in [0, 0.05) is 44.8 Å². The van der Waals surface area contributed by atoms with Crippen LogP contribution in [0.15, 0.2) is 12.3 Å². The zero-order chi connectivity index (χ0) is 16.4. The Bertz CT molecular complexity index is 581. The molecule has 2 heterocycles. The molecule has 0 unspecified atom stereocenters. The van der Waals surface area contributed by atoms with E-state index < -0.39 is 0 Å². The Morgan fingerprint density at radius 1 is 1.20 bits per heavy atom. The molecule has 0 radical (unpaired) electrons. The van der Waals surface area contributed by atoms with Crippen molar-refractivity contribution in [3.63, 3.8) is 0 Å². The second-order valence-corrected chi connectivity index (χ2v) is 7.23. The van der Waals surface area contributed by atoms with Gasteiger partial charge in [0.1, 0.15) is 5.82 Å². The highest BCUT2D eigenvalue weighted by Gasteiger charge is 2.29. The third-order valence-electron chi connectivity index (χ3n) is 4.87. The molecule has 1 saturated carbocycles. The molecule has 1 amide bonds. The van der Waals surface area contributed by atoms with Gasteiger partial charge >= 0.3 is 0 Å². The van der Waals surface area contributed by atoms with E-state index in [2.05, 4.69) is 9.88 Å². The van der Waals surface area contributed by atoms with Crippen molar-refractivity contribution in [2.24, 2.45) is 11.7 Å². The van der Waals surface area contributed by atoms with Crippen molar-refractivity contribution >= 4 is 59.7 Å². The Balaban J connectivity index is 0.00000156. The van der Waals surface area contributed by atoms with E-state index in [0.29, 0.717) is 35.5 Å². The summed E-state index contributed by atoms with van der Waals surface area (Å²) in [5.41, 5.74) is 6.07. The van der Waals surface area contributed by atoms with Gasteiger partial charge in [-0.15, -0.1) is 24.8 Å². The number of piperazine rings is 1. The van der Waals surface area contributed by atoms with Crippen LogP contribution in [0.4, 0.5) is 5.82 Å². The summed E-state index contributed by atoms with van der Waals surface area (Å²) in [6.07, 6.45) is 5.46. The number of carbonyl (C=O) groups excluding carboxylic acids is 1. The maximum Gasteiger partial charge on any atom is 0.223 e. The molecule has 1 aromatic heterocycles. The first-order valence-corrected chi connectivity index (χ1v) is 8.89. The fourth-order valence-corrected chi connectivity index (χ4v) is 3.98. The third kappa shape index (κ3) is 5.51. The minimum atomic E-state index is 0. The van der Waals surface area contributed by atoms with Crippen molar-refractivity contribution in [1.82, 2.24) is 9.88 Å². The van der Waals surface area contributed by atoms with E-state index in [4.69, 9.17) is 28.9 Å². The lowest BCUT2D eigenvalue weighted by Gasteiger charge is -2.36. The Hall–Kier alpha value is -0.460. The predicted molar refractivity (Wildman–Crippen MR) is 107 cm³/mol. The van der Waals surface area contributed by atoms with Crippen LogP contribution in [0.25, 0.3) is 0 Å². The Morgan fingerprint density at radius 3 is 2.44 bits per heavy atom. The highest BCUT2D eigenvalue weighted by Crippen LogP contribution is 2.29. The SMILES string of the molecule is Cl.Cl.N[C@@H]1CCC[C@H]1CC(=O)N1CCN(c2ncc(Cl)cc2Cl)CC1. The molecule has 1 aromatic rings. The van der Waals surface area contributed by atoms with Gasteiger partial charge in [-0.1, -0.05) is 29.6 Å². The average molecular weight is 430 g/mol. The predicted octanol–water partition coefficient (Wildman–Crippen LogP) is 3.40. The van der Waals surface area contributed by atoms with Crippen LogP contribution < -0.4 is 10.6 Å². The molecule has 25 heavy (non-hydrogen) atoms. The number of hydrogen-bond donors (Lipinski definition) is 1. The fraction of sp³-hybridized carbons (Fsp3) is 0.625. The number of nitrogens with zero attached hydrogens (tertiary/aromatic N) is 3. The lowest BCUT2D eigenvalue weighted by molar-refractivity contribution is -0.132. The van der Waals surface area contributed by atoms with E-state index in [0.717, 1.165) is 38.2 Å². The molecule has 0 bridgehead atoms. The van der Waals surface area contributed by atoms with Gasteiger partial charge in [0.05, 0.1) is 10.0 Å². The van der Waals surface area contributed by atoms with Gasteiger partial charge in [-0.2, -0.15) is 0 Å². The summed E-state index contributed by atoms with van der Waals surface area (Å²) >= 11 is 12.1. The smallest absolute Gasteiger partial charge is 0.223 e. The van der Waals surface area contributed by atoms with Gasteiger partial charge in [-0.05, 0) is 24.8 Å². The summed E-state index contributed by atoms with van der Waals surface area (Å²) in [5.74, 6) is 1.32. The molecule has 1 saturated heterocycles. The molecule has 2 aliphatic rings. The van der Waals surface area contributed by atoms with Crippen LogP contribution in [-0.4, -0.2) is 48.0 Å². The number of pyridine rings is 1. The van der Waals surface area contributed by atoms with Gasteiger partial charge < -0.3 is 15.5 Å². The lowest BCUT2D eigenvalue weighted by Crippen LogP contribution is -2.49. The van der Waals surface area contributed by atoms with E-state index in [9.17, 15) is 4.79 Å². The van der Waals surface area contributed by atoms with Crippen LogP contribution in [-0.2, 0) is 4.79 Å². The maximum atomic E-state index is 12.4. The van der Waals surface area contributed by atoms with Crippen molar-refractivity contribution in [2.75, 3.05) is 31.1 Å². The first kappa shape index (κ1) is 22.6. The van der Waals surface area contributed by atoms with Crippen LogP contribution in [0, 0.1) is 5.92 Å². The van der Waals surface area contributed by atoms with Crippen LogP contribution in [0.1, 0.15) is 25.7 Å². The molecule has 0 aromatic carbocycles. The summed E-state index contributed by atoms with van der Waals surface area (Å²) in [6.45, 7) is 2.86. The summed E-state index contributed by atoms with van der Waals surface area (Å²) < 4.78 is 0. The number of carbonyl (C=O) groups is 1. The molecule has 2 N–H and O–H groups in total. The third-order valence-corrected chi connectivity index (χ3v) is 5.36. The van der Waals surface area contributed by atoms with Crippen LogP contribution in [0.3, 0.4) is 0 Å². The number of anilines is 1. The number of rotatable bonds is 3. The maximum absolute atomic E-state index is 12.4. The number of nitrogens with two attached hydrogens (primary N) is 1. The first-order valence-electron chi connectivity index (χ1n) is 8.14. The van der Waals surface area contributed by atoms with E-state index in [1.165, 1.54) is 0 Å².